The molecule has 3 rings (SSSR count). The van der Waals surface area contributed by atoms with E-state index in [-0.39, 0.29) is 5.91 Å². The number of likely N-dealkylation sites (tertiary alicyclic amines) is 1. The van der Waals surface area contributed by atoms with E-state index in [1.165, 1.54) is 0 Å². The van der Waals surface area contributed by atoms with Gasteiger partial charge in [0.25, 0.3) is 0 Å². The fourth-order valence-electron chi connectivity index (χ4n) is 2.82. The van der Waals surface area contributed by atoms with Crippen molar-refractivity contribution in [3.8, 4) is 0 Å². The number of aromatic nitrogens is 4. The van der Waals surface area contributed by atoms with Crippen LogP contribution in [0.4, 0.5) is 0 Å². The summed E-state index contributed by atoms with van der Waals surface area (Å²) in [6, 6.07) is 6.23. The van der Waals surface area contributed by atoms with Crippen molar-refractivity contribution in [2.75, 3.05) is 18.8 Å². The molecular weight excluding hydrogens is 310 g/mol. The number of carbonyl (C=O) groups excluding carboxylic acids is 1. The summed E-state index contributed by atoms with van der Waals surface area (Å²) in [6.45, 7) is 1.64. The van der Waals surface area contributed by atoms with E-state index in [9.17, 15) is 4.79 Å². The van der Waals surface area contributed by atoms with Gasteiger partial charge in [-0.05, 0) is 31.4 Å². The van der Waals surface area contributed by atoms with Crippen molar-refractivity contribution in [3.05, 3.63) is 42.5 Å². The maximum absolute atomic E-state index is 12.4. The molecule has 0 radical (unpaired) electrons. The van der Waals surface area contributed by atoms with Crippen molar-refractivity contribution >= 4 is 17.7 Å². The van der Waals surface area contributed by atoms with Gasteiger partial charge in [-0.25, -0.2) is 4.68 Å². The van der Waals surface area contributed by atoms with Gasteiger partial charge in [0, 0.05) is 31.2 Å². The second kappa shape index (κ2) is 8.10. The summed E-state index contributed by atoms with van der Waals surface area (Å²) in [5.74, 6) is 1.53. The zero-order valence-corrected chi connectivity index (χ0v) is 13.9. The number of amides is 1. The minimum atomic E-state index is 0.227. The Hall–Kier alpha value is -1.89. The van der Waals surface area contributed by atoms with Crippen molar-refractivity contribution < 1.29 is 4.79 Å². The van der Waals surface area contributed by atoms with E-state index in [4.69, 9.17) is 0 Å². The second-order valence-corrected chi connectivity index (χ2v) is 6.65. The van der Waals surface area contributed by atoms with Crippen molar-refractivity contribution in [1.82, 2.24) is 24.9 Å². The average molecular weight is 331 g/mol. The smallest absolute Gasteiger partial charge is 0.232 e. The Morgan fingerprint density at radius 3 is 3.00 bits per heavy atom. The average Bonchev–Trinajstić information content (AvgIpc) is 3.00. The summed E-state index contributed by atoms with van der Waals surface area (Å²) in [6.07, 6.45) is 8.42. The molecule has 0 aliphatic carbocycles. The third kappa shape index (κ3) is 4.54. The lowest BCUT2D eigenvalue weighted by Gasteiger charge is -2.20. The highest BCUT2D eigenvalue weighted by atomic mass is 32.2. The van der Waals surface area contributed by atoms with E-state index in [1.807, 2.05) is 34.0 Å². The van der Waals surface area contributed by atoms with Crippen molar-refractivity contribution in [2.24, 2.45) is 0 Å². The second-order valence-electron chi connectivity index (χ2n) is 5.66. The van der Waals surface area contributed by atoms with Crippen LogP contribution in [-0.2, 0) is 10.5 Å². The summed E-state index contributed by atoms with van der Waals surface area (Å²) in [4.78, 5) is 18.7. The van der Waals surface area contributed by atoms with Crippen LogP contribution in [0, 0.1) is 0 Å². The van der Waals surface area contributed by atoms with E-state index in [1.54, 1.807) is 24.2 Å². The minimum absolute atomic E-state index is 0.227. The van der Waals surface area contributed by atoms with Gasteiger partial charge in [0.2, 0.25) is 5.91 Å². The lowest BCUT2D eigenvalue weighted by Crippen LogP contribution is -2.33. The van der Waals surface area contributed by atoms with Gasteiger partial charge >= 0.3 is 0 Å². The third-order valence-electron chi connectivity index (χ3n) is 4.07. The SMILES string of the molecule is O=C(CSCc1ccccn1)N1CCCC(n2ccnn2)CC1. The lowest BCUT2D eigenvalue weighted by atomic mass is 10.1. The van der Waals surface area contributed by atoms with Crippen molar-refractivity contribution in [2.45, 2.75) is 31.1 Å². The largest absolute Gasteiger partial charge is 0.342 e. The molecule has 1 unspecified atom stereocenters. The van der Waals surface area contributed by atoms with Gasteiger partial charge in [-0.2, -0.15) is 0 Å². The summed E-state index contributed by atoms with van der Waals surface area (Å²) in [5, 5.41) is 7.96. The zero-order valence-electron chi connectivity index (χ0n) is 13.0. The number of pyridine rings is 1. The molecule has 7 heteroatoms. The molecule has 0 spiro atoms. The summed E-state index contributed by atoms with van der Waals surface area (Å²) < 4.78 is 1.92. The van der Waals surface area contributed by atoms with Gasteiger partial charge in [-0.1, -0.05) is 11.3 Å². The van der Waals surface area contributed by atoms with Gasteiger partial charge in [0.1, 0.15) is 0 Å². The summed E-state index contributed by atoms with van der Waals surface area (Å²) in [5.41, 5.74) is 1.02. The first-order valence-corrected chi connectivity index (χ1v) is 9.09. The van der Waals surface area contributed by atoms with Crippen LogP contribution in [0.15, 0.2) is 36.8 Å². The number of hydrogen-bond donors (Lipinski definition) is 0. The standard InChI is InChI=1S/C16H21N5OS/c22-16(13-23-12-14-4-1-2-7-17-14)20-9-3-5-15(6-10-20)21-11-8-18-19-21/h1-2,4,7-8,11,15H,3,5-6,9-10,12-13H2. The van der Waals surface area contributed by atoms with Crippen LogP contribution >= 0.6 is 11.8 Å². The Labute approximate surface area is 140 Å². The molecular formula is C16H21N5OS. The highest BCUT2D eigenvalue weighted by Crippen LogP contribution is 2.22. The first-order valence-electron chi connectivity index (χ1n) is 7.94. The fourth-order valence-corrected chi connectivity index (χ4v) is 3.66. The van der Waals surface area contributed by atoms with Crippen molar-refractivity contribution in [3.63, 3.8) is 0 Å². The predicted octanol–water partition coefficient (Wildman–Crippen LogP) is 2.16. The Bertz CT molecular complexity index is 604. The van der Waals surface area contributed by atoms with Crippen LogP contribution in [0.5, 0.6) is 0 Å². The van der Waals surface area contributed by atoms with Crippen LogP contribution in [0.3, 0.4) is 0 Å². The Morgan fingerprint density at radius 2 is 2.22 bits per heavy atom. The van der Waals surface area contributed by atoms with Crippen molar-refractivity contribution in [1.29, 1.82) is 0 Å². The number of nitrogens with zero attached hydrogens (tertiary/aromatic N) is 5. The van der Waals surface area contributed by atoms with Crippen LogP contribution in [0.1, 0.15) is 31.0 Å². The maximum Gasteiger partial charge on any atom is 0.232 e. The molecule has 1 fully saturated rings. The molecule has 1 amide bonds. The quantitative estimate of drug-likeness (QED) is 0.840. The Morgan fingerprint density at radius 1 is 1.26 bits per heavy atom. The highest BCUT2D eigenvalue weighted by Gasteiger charge is 2.21. The molecule has 0 aromatic carbocycles. The maximum atomic E-state index is 12.4. The summed E-state index contributed by atoms with van der Waals surface area (Å²) >= 11 is 1.63. The Balaban J connectivity index is 1.44. The van der Waals surface area contributed by atoms with Crippen LogP contribution in [0.25, 0.3) is 0 Å². The fraction of sp³-hybridized carbons (Fsp3) is 0.500. The van der Waals surface area contributed by atoms with E-state index >= 15 is 0 Å². The third-order valence-corrected chi connectivity index (χ3v) is 5.02. The first kappa shape index (κ1) is 16.0. The molecule has 2 aromatic heterocycles. The van der Waals surface area contributed by atoms with E-state index in [0.717, 1.165) is 43.8 Å². The number of hydrogen-bond acceptors (Lipinski definition) is 5. The highest BCUT2D eigenvalue weighted by molar-refractivity contribution is 7.99. The lowest BCUT2D eigenvalue weighted by molar-refractivity contribution is -0.128. The van der Waals surface area contributed by atoms with Crippen LogP contribution < -0.4 is 0 Å². The van der Waals surface area contributed by atoms with E-state index in [2.05, 4.69) is 15.3 Å². The van der Waals surface area contributed by atoms with Crippen LogP contribution in [-0.4, -0.2) is 49.6 Å². The molecule has 0 bridgehead atoms. The van der Waals surface area contributed by atoms with Gasteiger partial charge < -0.3 is 4.90 Å². The molecule has 122 valence electrons. The number of thioether (sulfide) groups is 1. The van der Waals surface area contributed by atoms with Gasteiger partial charge in [-0.3, -0.25) is 9.78 Å². The summed E-state index contributed by atoms with van der Waals surface area (Å²) in [7, 11) is 0. The molecule has 6 nitrogen and oxygen atoms in total. The molecule has 1 atom stereocenters. The molecule has 1 aliphatic heterocycles. The van der Waals surface area contributed by atoms with E-state index < -0.39 is 0 Å². The minimum Gasteiger partial charge on any atom is -0.342 e. The molecule has 0 N–H and O–H groups in total. The van der Waals surface area contributed by atoms with E-state index in [0.29, 0.717) is 11.8 Å². The topological polar surface area (TPSA) is 63.9 Å². The molecule has 1 aliphatic rings. The monoisotopic (exact) mass is 331 g/mol. The van der Waals surface area contributed by atoms with Gasteiger partial charge in [0.05, 0.1) is 23.7 Å². The Kier molecular flexibility index (Phi) is 5.63. The normalized spacial score (nSPS) is 18.6. The molecule has 2 aromatic rings. The van der Waals surface area contributed by atoms with Gasteiger partial charge in [0.15, 0.2) is 0 Å². The molecule has 0 saturated carbocycles. The molecule has 23 heavy (non-hydrogen) atoms. The number of rotatable bonds is 5. The first-order chi connectivity index (χ1) is 11.3. The zero-order chi connectivity index (χ0) is 15.9. The van der Waals surface area contributed by atoms with Crippen LogP contribution in [0.2, 0.25) is 0 Å². The number of carbonyl (C=O) groups is 1. The molecule has 3 heterocycles. The predicted molar refractivity (Wildman–Crippen MR) is 89.9 cm³/mol. The molecule has 1 saturated heterocycles. The van der Waals surface area contributed by atoms with Gasteiger partial charge in [-0.15, -0.1) is 16.9 Å².